The van der Waals surface area contributed by atoms with Gasteiger partial charge in [-0.1, -0.05) is 25.0 Å². The van der Waals surface area contributed by atoms with Crippen molar-refractivity contribution in [1.82, 2.24) is 15.5 Å². The van der Waals surface area contributed by atoms with Gasteiger partial charge in [0.1, 0.15) is 0 Å². The number of likely N-dealkylation sites (tertiary alicyclic amines) is 1. The molecular weight excluding hydrogens is 487 g/mol. The molecule has 1 atom stereocenters. The Bertz CT molecular complexity index is 746. The van der Waals surface area contributed by atoms with Crippen LogP contribution in [0.15, 0.2) is 34.2 Å². The van der Waals surface area contributed by atoms with E-state index in [0.717, 1.165) is 37.1 Å². The smallest absolute Gasteiger partial charge is 0.191 e. The van der Waals surface area contributed by atoms with Gasteiger partial charge in [0, 0.05) is 45.0 Å². The van der Waals surface area contributed by atoms with Crippen LogP contribution in [0, 0.1) is 0 Å². The zero-order valence-electron chi connectivity index (χ0n) is 16.9. The maximum Gasteiger partial charge on any atom is 0.191 e. The average Bonchev–Trinajstić information content (AvgIpc) is 3.32. The molecule has 1 aromatic carbocycles. The van der Waals surface area contributed by atoms with Crippen LogP contribution in [0.1, 0.15) is 37.7 Å². The number of rotatable bonds is 6. The molecule has 1 aromatic rings. The highest BCUT2D eigenvalue weighted by Gasteiger charge is 2.30. The van der Waals surface area contributed by atoms with Crippen LogP contribution >= 0.6 is 24.0 Å². The summed E-state index contributed by atoms with van der Waals surface area (Å²) in [5.74, 6) is 0.848. The number of benzene rings is 1. The molecule has 0 aromatic heterocycles. The molecule has 8 heteroatoms. The summed E-state index contributed by atoms with van der Waals surface area (Å²) in [6, 6.07) is 8.37. The molecule has 2 N–H and O–H groups in total. The average molecular weight is 520 g/mol. The molecule has 1 aliphatic heterocycles. The monoisotopic (exact) mass is 520 g/mol. The summed E-state index contributed by atoms with van der Waals surface area (Å²) in [4.78, 5) is 7.35. The van der Waals surface area contributed by atoms with Gasteiger partial charge in [0.15, 0.2) is 15.8 Å². The van der Waals surface area contributed by atoms with Gasteiger partial charge in [-0.3, -0.25) is 9.89 Å². The first-order valence-corrected chi connectivity index (χ1v) is 11.8. The standard InChI is InChI=1S/C20H32N4O2S.HI/c1-21-20(23-17-12-14-24(15-17)18-5-3-4-6-18)22-13-11-16-7-9-19(10-8-16)27(2,25)26;/h7-10,17-18H,3-6,11-15H2,1-2H3,(H2,21,22,23);1H. The van der Waals surface area contributed by atoms with Crippen LogP contribution in [-0.2, 0) is 16.3 Å². The Kier molecular flexibility index (Phi) is 9.01. The highest BCUT2D eigenvalue weighted by atomic mass is 127. The van der Waals surface area contributed by atoms with E-state index in [1.165, 1.54) is 44.9 Å². The SMILES string of the molecule is CN=C(NCCc1ccc(S(C)(=O)=O)cc1)NC1CCN(C2CCCC2)C1.I. The number of guanidine groups is 1. The van der Waals surface area contributed by atoms with E-state index < -0.39 is 9.84 Å². The minimum Gasteiger partial charge on any atom is -0.356 e. The molecule has 2 fully saturated rings. The van der Waals surface area contributed by atoms with Gasteiger partial charge in [-0.25, -0.2) is 8.42 Å². The highest BCUT2D eigenvalue weighted by Crippen LogP contribution is 2.26. The fourth-order valence-electron chi connectivity index (χ4n) is 4.12. The van der Waals surface area contributed by atoms with E-state index in [4.69, 9.17) is 0 Å². The molecule has 1 saturated heterocycles. The van der Waals surface area contributed by atoms with Crippen LogP contribution in [0.4, 0.5) is 0 Å². The summed E-state index contributed by atoms with van der Waals surface area (Å²) >= 11 is 0. The third-order valence-electron chi connectivity index (χ3n) is 5.68. The molecule has 0 bridgehead atoms. The Labute approximate surface area is 186 Å². The summed E-state index contributed by atoms with van der Waals surface area (Å²) < 4.78 is 23.0. The van der Waals surface area contributed by atoms with Crippen molar-refractivity contribution in [2.45, 2.75) is 55.5 Å². The first-order valence-electron chi connectivity index (χ1n) is 9.96. The lowest BCUT2D eigenvalue weighted by Gasteiger charge is -2.24. The van der Waals surface area contributed by atoms with E-state index in [-0.39, 0.29) is 24.0 Å². The molecule has 0 radical (unpaired) electrons. The minimum absolute atomic E-state index is 0. The number of nitrogens with zero attached hydrogens (tertiary/aromatic N) is 2. The van der Waals surface area contributed by atoms with E-state index in [2.05, 4.69) is 20.5 Å². The molecule has 6 nitrogen and oxygen atoms in total. The van der Waals surface area contributed by atoms with Gasteiger partial charge >= 0.3 is 0 Å². The molecule has 28 heavy (non-hydrogen) atoms. The lowest BCUT2D eigenvalue weighted by atomic mass is 10.1. The molecule has 158 valence electrons. The van der Waals surface area contributed by atoms with E-state index >= 15 is 0 Å². The second-order valence-corrected chi connectivity index (χ2v) is 9.74. The number of hydrogen-bond acceptors (Lipinski definition) is 4. The first kappa shape index (κ1) is 23.4. The quantitative estimate of drug-likeness (QED) is 0.343. The molecule has 0 amide bonds. The van der Waals surface area contributed by atoms with E-state index in [9.17, 15) is 8.42 Å². The molecular formula is C20H33IN4O2S. The third-order valence-corrected chi connectivity index (χ3v) is 6.81. The van der Waals surface area contributed by atoms with Crippen molar-refractivity contribution in [3.8, 4) is 0 Å². The highest BCUT2D eigenvalue weighted by molar-refractivity contribution is 14.0. The Morgan fingerprint density at radius 1 is 1.18 bits per heavy atom. The molecule has 1 heterocycles. The van der Waals surface area contributed by atoms with Gasteiger partial charge in [0.05, 0.1) is 4.90 Å². The lowest BCUT2D eigenvalue weighted by molar-refractivity contribution is 0.242. The van der Waals surface area contributed by atoms with Crippen LogP contribution < -0.4 is 10.6 Å². The largest absolute Gasteiger partial charge is 0.356 e. The number of nitrogens with one attached hydrogen (secondary N) is 2. The molecule has 1 aliphatic carbocycles. The number of sulfone groups is 1. The summed E-state index contributed by atoms with van der Waals surface area (Å²) in [7, 11) is -1.33. The fourth-order valence-corrected chi connectivity index (χ4v) is 4.75. The number of halogens is 1. The van der Waals surface area contributed by atoms with Crippen molar-refractivity contribution in [3.05, 3.63) is 29.8 Å². The van der Waals surface area contributed by atoms with Crippen LogP contribution in [-0.4, -0.2) is 64.3 Å². The van der Waals surface area contributed by atoms with Gasteiger partial charge < -0.3 is 10.6 Å². The van der Waals surface area contributed by atoms with Gasteiger partial charge in [-0.05, 0) is 43.4 Å². The summed E-state index contributed by atoms with van der Waals surface area (Å²) in [5, 5.41) is 6.93. The summed E-state index contributed by atoms with van der Waals surface area (Å²) in [5.41, 5.74) is 1.11. The Hall–Kier alpha value is -0.870. The van der Waals surface area contributed by atoms with Crippen LogP contribution in [0.3, 0.4) is 0 Å². The fraction of sp³-hybridized carbons (Fsp3) is 0.650. The summed E-state index contributed by atoms with van der Waals surface area (Å²) in [6.07, 6.45) is 8.71. The number of aliphatic imine (C=N–C) groups is 1. The van der Waals surface area contributed by atoms with Crippen LogP contribution in [0.5, 0.6) is 0 Å². The number of hydrogen-bond donors (Lipinski definition) is 2. The first-order chi connectivity index (χ1) is 13.0. The zero-order chi connectivity index (χ0) is 19.3. The summed E-state index contributed by atoms with van der Waals surface area (Å²) in [6.45, 7) is 3.06. The molecule has 0 spiro atoms. The Morgan fingerprint density at radius 2 is 1.86 bits per heavy atom. The topological polar surface area (TPSA) is 73.8 Å². The lowest BCUT2D eigenvalue weighted by Crippen LogP contribution is -2.45. The third kappa shape index (κ3) is 6.59. The minimum atomic E-state index is -3.13. The molecule has 2 aliphatic rings. The van der Waals surface area contributed by atoms with E-state index in [1.807, 2.05) is 12.1 Å². The van der Waals surface area contributed by atoms with E-state index in [1.54, 1.807) is 19.2 Å². The van der Waals surface area contributed by atoms with Crippen molar-refractivity contribution < 1.29 is 8.42 Å². The normalized spacial score (nSPS) is 21.5. The second kappa shape index (κ2) is 10.8. The van der Waals surface area contributed by atoms with Crippen LogP contribution in [0.2, 0.25) is 0 Å². The molecule has 1 saturated carbocycles. The van der Waals surface area contributed by atoms with Gasteiger partial charge in [-0.2, -0.15) is 0 Å². The Morgan fingerprint density at radius 3 is 2.46 bits per heavy atom. The maximum atomic E-state index is 11.5. The Balaban J connectivity index is 0.00000280. The predicted molar refractivity (Wildman–Crippen MR) is 125 cm³/mol. The van der Waals surface area contributed by atoms with Crippen LogP contribution in [0.25, 0.3) is 0 Å². The van der Waals surface area contributed by atoms with Gasteiger partial charge in [0.25, 0.3) is 0 Å². The molecule has 1 unspecified atom stereocenters. The van der Waals surface area contributed by atoms with E-state index in [0.29, 0.717) is 10.9 Å². The van der Waals surface area contributed by atoms with Crippen molar-refractivity contribution in [1.29, 1.82) is 0 Å². The molecule has 3 rings (SSSR count). The zero-order valence-corrected chi connectivity index (χ0v) is 20.0. The van der Waals surface area contributed by atoms with Gasteiger partial charge in [-0.15, -0.1) is 24.0 Å². The predicted octanol–water partition coefficient (Wildman–Crippen LogP) is 2.43. The van der Waals surface area contributed by atoms with Crippen molar-refractivity contribution in [2.75, 3.05) is 32.9 Å². The van der Waals surface area contributed by atoms with Crippen molar-refractivity contribution in [2.24, 2.45) is 4.99 Å². The van der Waals surface area contributed by atoms with Crippen molar-refractivity contribution in [3.63, 3.8) is 0 Å². The van der Waals surface area contributed by atoms with Crippen molar-refractivity contribution >= 4 is 39.8 Å². The second-order valence-electron chi connectivity index (χ2n) is 7.73. The van der Waals surface area contributed by atoms with Gasteiger partial charge in [0.2, 0.25) is 0 Å². The maximum absolute atomic E-state index is 11.5.